The lowest BCUT2D eigenvalue weighted by Gasteiger charge is -2.23. The molecule has 0 saturated heterocycles. The molecular formula is C26H32F2O2. The van der Waals surface area contributed by atoms with Crippen molar-refractivity contribution in [2.75, 3.05) is 6.61 Å². The summed E-state index contributed by atoms with van der Waals surface area (Å²) in [6, 6.07) is 10.9. The molecule has 2 aromatic rings. The number of aryl methyl sites for hydroxylation is 1. The smallest absolute Gasteiger partial charge is 0.204 e. The molecular weight excluding hydrogens is 382 g/mol. The molecule has 1 aliphatic carbocycles. The Labute approximate surface area is 178 Å². The summed E-state index contributed by atoms with van der Waals surface area (Å²) in [6.07, 6.45) is 12.1. The third kappa shape index (κ3) is 6.32. The first-order chi connectivity index (χ1) is 14.6. The maximum Gasteiger partial charge on any atom is 0.204 e. The molecule has 0 spiro atoms. The average Bonchev–Trinajstić information content (AvgIpc) is 2.76. The highest BCUT2D eigenvalue weighted by atomic mass is 19.2. The van der Waals surface area contributed by atoms with Crippen LogP contribution >= 0.6 is 0 Å². The van der Waals surface area contributed by atoms with Crippen molar-refractivity contribution in [1.82, 2.24) is 0 Å². The molecule has 0 radical (unpaired) electrons. The van der Waals surface area contributed by atoms with Crippen molar-refractivity contribution in [3.63, 3.8) is 0 Å². The van der Waals surface area contributed by atoms with E-state index in [2.05, 4.69) is 31.2 Å². The molecule has 0 aromatic heterocycles. The van der Waals surface area contributed by atoms with Gasteiger partial charge < -0.3 is 9.47 Å². The van der Waals surface area contributed by atoms with Crippen molar-refractivity contribution in [3.05, 3.63) is 71.3 Å². The normalized spacial score (nSPS) is 19.2. The van der Waals surface area contributed by atoms with Crippen LogP contribution in [0.1, 0.15) is 57.1 Å². The first kappa shape index (κ1) is 22.3. The van der Waals surface area contributed by atoms with Gasteiger partial charge in [0.1, 0.15) is 6.61 Å². The quantitative estimate of drug-likeness (QED) is 0.402. The summed E-state index contributed by atoms with van der Waals surface area (Å²) < 4.78 is 38.5. The molecule has 2 aromatic carbocycles. The maximum absolute atomic E-state index is 14.1. The minimum Gasteiger partial charge on any atom is -0.491 e. The molecule has 1 aliphatic rings. The van der Waals surface area contributed by atoms with E-state index in [4.69, 9.17) is 9.47 Å². The van der Waals surface area contributed by atoms with Crippen LogP contribution in [0, 0.1) is 23.5 Å². The minimum absolute atomic E-state index is 0.0983. The van der Waals surface area contributed by atoms with Gasteiger partial charge in [0.2, 0.25) is 11.6 Å². The fourth-order valence-corrected chi connectivity index (χ4v) is 3.87. The third-order valence-electron chi connectivity index (χ3n) is 5.80. The van der Waals surface area contributed by atoms with Gasteiger partial charge in [0, 0.05) is 0 Å². The van der Waals surface area contributed by atoms with Crippen LogP contribution in [0.15, 0.2) is 48.6 Å². The van der Waals surface area contributed by atoms with Gasteiger partial charge in [0.05, 0.1) is 6.61 Å². The van der Waals surface area contributed by atoms with Gasteiger partial charge in [-0.25, -0.2) is 0 Å². The lowest BCUT2D eigenvalue weighted by Crippen LogP contribution is -2.09. The molecule has 162 valence electrons. The summed E-state index contributed by atoms with van der Waals surface area (Å²) in [4.78, 5) is 0. The van der Waals surface area contributed by atoms with Crippen LogP contribution < -0.4 is 9.47 Å². The van der Waals surface area contributed by atoms with E-state index in [0.29, 0.717) is 0 Å². The van der Waals surface area contributed by atoms with Crippen LogP contribution in [0.5, 0.6) is 11.5 Å². The van der Waals surface area contributed by atoms with Crippen LogP contribution in [-0.2, 0) is 13.0 Å². The van der Waals surface area contributed by atoms with E-state index >= 15 is 0 Å². The number of halogens is 2. The van der Waals surface area contributed by atoms with Crippen molar-refractivity contribution in [2.45, 2.75) is 59.0 Å². The van der Waals surface area contributed by atoms with Crippen LogP contribution in [0.4, 0.5) is 8.78 Å². The fraction of sp³-hybridized carbons (Fsp3) is 0.462. The standard InChI is InChI=1S/C26H32F2O2/c1-3-29-23-16-17-24(26(28)25(23)27)30-18-22-14-12-21(13-15-22)7-5-4-6-20-10-8-19(2)9-11-20/h4,6,12-17,19-20H,3,5,7-11,18H2,1-2H3/b6-4+. The number of rotatable bonds is 9. The predicted octanol–water partition coefficient (Wildman–Crippen LogP) is 7.26. The topological polar surface area (TPSA) is 18.5 Å². The van der Waals surface area contributed by atoms with Crippen molar-refractivity contribution < 1.29 is 18.3 Å². The molecule has 30 heavy (non-hydrogen) atoms. The molecule has 0 N–H and O–H groups in total. The molecule has 1 saturated carbocycles. The zero-order valence-electron chi connectivity index (χ0n) is 18.0. The Balaban J connectivity index is 1.45. The number of hydrogen-bond donors (Lipinski definition) is 0. The molecule has 0 aliphatic heterocycles. The Morgan fingerprint density at radius 1 is 0.867 bits per heavy atom. The van der Waals surface area contributed by atoms with Crippen LogP contribution in [0.2, 0.25) is 0 Å². The Morgan fingerprint density at radius 3 is 2.10 bits per heavy atom. The van der Waals surface area contributed by atoms with E-state index in [9.17, 15) is 8.78 Å². The zero-order chi connectivity index (χ0) is 21.3. The van der Waals surface area contributed by atoms with E-state index in [0.717, 1.165) is 30.2 Å². The number of hydrogen-bond acceptors (Lipinski definition) is 2. The highest BCUT2D eigenvalue weighted by Gasteiger charge is 2.16. The molecule has 0 heterocycles. The van der Waals surface area contributed by atoms with Gasteiger partial charge in [-0.3, -0.25) is 0 Å². The fourth-order valence-electron chi connectivity index (χ4n) is 3.87. The minimum atomic E-state index is -1.02. The van der Waals surface area contributed by atoms with Gasteiger partial charge in [-0.2, -0.15) is 8.78 Å². The molecule has 1 fully saturated rings. The first-order valence-corrected chi connectivity index (χ1v) is 11.0. The van der Waals surface area contributed by atoms with E-state index in [1.165, 1.54) is 43.4 Å². The molecule has 0 unspecified atom stereocenters. The predicted molar refractivity (Wildman–Crippen MR) is 117 cm³/mol. The second kappa shape index (κ2) is 11.1. The van der Waals surface area contributed by atoms with Crippen molar-refractivity contribution in [3.8, 4) is 11.5 Å². The van der Waals surface area contributed by atoms with Crippen LogP contribution in [0.25, 0.3) is 0 Å². The molecule has 0 bridgehead atoms. The number of allylic oxidation sites excluding steroid dienone is 2. The summed E-state index contributed by atoms with van der Waals surface area (Å²) in [5, 5.41) is 0. The van der Waals surface area contributed by atoms with E-state index < -0.39 is 11.6 Å². The van der Waals surface area contributed by atoms with Gasteiger partial charge in [-0.15, -0.1) is 0 Å². The summed E-state index contributed by atoms with van der Waals surface area (Å²) in [5.74, 6) is -0.589. The summed E-state index contributed by atoms with van der Waals surface area (Å²) in [5.41, 5.74) is 2.18. The monoisotopic (exact) mass is 414 g/mol. The number of benzene rings is 2. The lowest BCUT2D eigenvalue weighted by molar-refractivity contribution is 0.274. The Bertz CT molecular complexity index is 822. The molecule has 4 heteroatoms. The second-order valence-electron chi connectivity index (χ2n) is 8.21. The summed E-state index contributed by atoms with van der Waals surface area (Å²) >= 11 is 0. The van der Waals surface area contributed by atoms with E-state index in [-0.39, 0.29) is 24.7 Å². The number of ether oxygens (including phenoxy) is 2. The Hall–Kier alpha value is -2.36. The molecule has 0 atom stereocenters. The van der Waals surface area contributed by atoms with Crippen LogP contribution in [0.3, 0.4) is 0 Å². The molecule has 3 rings (SSSR count). The molecule has 2 nitrogen and oxygen atoms in total. The highest BCUT2D eigenvalue weighted by molar-refractivity contribution is 5.35. The summed E-state index contributed by atoms with van der Waals surface area (Å²) in [7, 11) is 0. The van der Waals surface area contributed by atoms with E-state index in [1.54, 1.807) is 6.92 Å². The Morgan fingerprint density at radius 2 is 1.47 bits per heavy atom. The van der Waals surface area contributed by atoms with Crippen molar-refractivity contribution in [2.24, 2.45) is 11.8 Å². The van der Waals surface area contributed by atoms with Gasteiger partial charge in [-0.05, 0) is 67.7 Å². The van der Waals surface area contributed by atoms with Gasteiger partial charge in [-0.1, -0.05) is 56.2 Å². The van der Waals surface area contributed by atoms with Gasteiger partial charge in [0.25, 0.3) is 0 Å². The summed E-state index contributed by atoms with van der Waals surface area (Å²) in [6.45, 7) is 4.53. The Kier molecular flexibility index (Phi) is 8.30. The van der Waals surface area contributed by atoms with E-state index in [1.807, 2.05) is 12.1 Å². The van der Waals surface area contributed by atoms with Crippen LogP contribution in [-0.4, -0.2) is 6.61 Å². The zero-order valence-corrected chi connectivity index (χ0v) is 18.0. The van der Waals surface area contributed by atoms with Gasteiger partial charge >= 0.3 is 0 Å². The maximum atomic E-state index is 14.1. The van der Waals surface area contributed by atoms with Crippen molar-refractivity contribution in [1.29, 1.82) is 0 Å². The lowest BCUT2D eigenvalue weighted by atomic mass is 9.83. The SMILES string of the molecule is CCOc1ccc(OCc2ccc(CC/C=C/C3CCC(C)CC3)cc2)c(F)c1F. The van der Waals surface area contributed by atoms with Gasteiger partial charge in [0.15, 0.2) is 11.5 Å². The highest BCUT2D eigenvalue weighted by Crippen LogP contribution is 2.29. The largest absolute Gasteiger partial charge is 0.491 e. The molecule has 0 amide bonds. The first-order valence-electron chi connectivity index (χ1n) is 11.0. The third-order valence-corrected chi connectivity index (χ3v) is 5.80. The second-order valence-corrected chi connectivity index (χ2v) is 8.21. The average molecular weight is 415 g/mol. The van der Waals surface area contributed by atoms with Crippen molar-refractivity contribution >= 4 is 0 Å².